The summed E-state index contributed by atoms with van der Waals surface area (Å²) in [5.74, 6) is 1.54. The van der Waals surface area contributed by atoms with E-state index in [-0.39, 0.29) is 23.7 Å². The average Bonchev–Trinajstić information content (AvgIpc) is 2.97. The van der Waals surface area contributed by atoms with Crippen LogP contribution in [0.15, 0.2) is 82.0 Å². The normalized spacial score (nSPS) is 10.6. The predicted molar refractivity (Wildman–Crippen MR) is 158 cm³/mol. The number of carbonyl (C=O) groups excluding carboxylic acids is 1. The number of anilines is 3. The molecule has 12 heteroatoms. The van der Waals surface area contributed by atoms with Gasteiger partial charge >= 0.3 is 17.7 Å². The Balaban J connectivity index is 1.38. The molecule has 0 saturated carbocycles. The highest BCUT2D eigenvalue weighted by Crippen LogP contribution is 2.29. The van der Waals surface area contributed by atoms with Crippen LogP contribution in [-0.2, 0) is 6.42 Å². The molecule has 214 valence electrons. The number of hydrogen-bond acceptors (Lipinski definition) is 10. The zero-order chi connectivity index (χ0) is 29.5. The number of methoxy groups -OCH3 is 2. The number of nitrogens with one attached hydrogen (secondary N) is 3. The summed E-state index contributed by atoms with van der Waals surface area (Å²) >= 11 is 0. The van der Waals surface area contributed by atoms with Gasteiger partial charge in [-0.25, -0.2) is 9.59 Å². The van der Waals surface area contributed by atoms with E-state index in [2.05, 4.69) is 30.9 Å². The fraction of sp³-hybridized carbons (Fsp3) is 0.167. The van der Waals surface area contributed by atoms with Crippen LogP contribution in [0.2, 0.25) is 0 Å². The highest BCUT2D eigenvalue weighted by Gasteiger charge is 2.15. The van der Waals surface area contributed by atoms with Crippen molar-refractivity contribution in [1.82, 2.24) is 15.0 Å². The number of hydrogen-bond donors (Lipinski definition) is 3. The van der Waals surface area contributed by atoms with Gasteiger partial charge in [-0.15, -0.1) is 0 Å². The van der Waals surface area contributed by atoms with Crippen molar-refractivity contribution in [2.45, 2.75) is 13.3 Å². The van der Waals surface area contributed by atoms with Gasteiger partial charge in [-0.2, -0.15) is 15.0 Å². The number of aromatic nitrogens is 3. The molecule has 5 aromatic rings. The van der Waals surface area contributed by atoms with Gasteiger partial charge < -0.3 is 29.3 Å². The lowest BCUT2D eigenvalue weighted by Gasteiger charge is -2.12. The third kappa shape index (κ3) is 6.91. The second-order valence-corrected chi connectivity index (χ2v) is 9.11. The number of aryl methyl sites for hydroxylation is 1. The van der Waals surface area contributed by atoms with Crippen molar-refractivity contribution >= 4 is 34.6 Å². The van der Waals surface area contributed by atoms with Crippen molar-refractivity contribution < 1.29 is 23.4 Å². The lowest BCUT2D eigenvalue weighted by atomic mass is 10.1. The lowest BCUT2D eigenvalue weighted by Crippen LogP contribution is -2.22. The number of benzene rings is 3. The number of urea groups is 1. The molecule has 2 amide bonds. The van der Waals surface area contributed by atoms with E-state index in [1.807, 2.05) is 43.3 Å². The first-order valence-electron chi connectivity index (χ1n) is 13.0. The summed E-state index contributed by atoms with van der Waals surface area (Å²) in [5.41, 5.74) is 2.34. The highest BCUT2D eigenvalue weighted by atomic mass is 16.5. The van der Waals surface area contributed by atoms with Crippen molar-refractivity contribution in [1.29, 1.82) is 0 Å². The number of para-hydroxylation sites is 1. The second-order valence-electron chi connectivity index (χ2n) is 9.11. The molecule has 12 nitrogen and oxygen atoms in total. The Morgan fingerprint density at radius 1 is 0.833 bits per heavy atom. The van der Waals surface area contributed by atoms with Crippen LogP contribution in [0.1, 0.15) is 11.1 Å². The number of ether oxygens (including phenoxy) is 3. The smallest absolute Gasteiger partial charge is 0.339 e. The molecule has 0 unspecified atom stereocenters. The minimum absolute atomic E-state index is 0.0639. The Kier molecular flexibility index (Phi) is 8.42. The quantitative estimate of drug-likeness (QED) is 0.187. The molecule has 0 radical (unpaired) electrons. The maximum Gasteiger partial charge on any atom is 0.339 e. The van der Waals surface area contributed by atoms with E-state index in [1.54, 1.807) is 44.6 Å². The molecule has 3 N–H and O–H groups in total. The largest absolute Gasteiger partial charge is 0.493 e. The van der Waals surface area contributed by atoms with Crippen molar-refractivity contribution in [2.24, 2.45) is 0 Å². The summed E-state index contributed by atoms with van der Waals surface area (Å²) < 4.78 is 21.9. The van der Waals surface area contributed by atoms with E-state index in [0.29, 0.717) is 41.1 Å². The Morgan fingerprint density at radius 3 is 2.45 bits per heavy atom. The molecule has 5 rings (SSSR count). The van der Waals surface area contributed by atoms with Crippen LogP contribution in [0.4, 0.5) is 22.4 Å². The number of rotatable bonds is 10. The number of fused-ring (bicyclic) bond motifs is 1. The van der Waals surface area contributed by atoms with Crippen LogP contribution in [0.3, 0.4) is 0 Å². The van der Waals surface area contributed by atoms with Crippen LogP contribution in [0.25, 0.3) is 11.0 Å². The molecule has 0 spiro atoms. The van der Waals surface area contributed by atoms with E-state index in [1.165, 1.54) is 6.07 Å². The topological polar surface area (TPSA) is 150 Å². The van der Waals surface area contributed by atoms with Gasteiger partial charge in [0.1, 0.15) is 11.3 Å². The Labute approximate surface area is 240 Å². The van der Waals surface area contributed by atoms with Crippen LogP contribution in [0, 0.1) is 6.92 Å². The van der Waals surface area contributed by atoms with Gasteiger partial charge in [-0.05, 0) is 60.9 Å². The standard InChI is InChI=1S/C30H28N6O6/c1-18-7-6-8-20(15-18)32-29(38)34-28-33-27(31-14-13-19-11-12-23(39-2)25(16-19)40-3)35-30(36-28)42-24-17-26(37)41-22-10-5-4-9-21(22)24/h4-12,15-17H,13-14H2,1-3H3,(H3,31,32,33,34,35,36,38). The highest BCUT2D eigenvalue weighted by molar-refractivity contribution is 5.98. The van der Waals surface area contributed by atoms with Crippen molar-refractivity contribution in [3.63, 3.8) is 0 Å². The molecule has 0 saturated heterocycles. The van der Waals surface area contributed by atoms with Gasteiger partial charge in [0, 0.05) is 12.2 Å². The second kappa shape index (κ2) is 12.7. The Bertz CT molecular complexity index is 1790. The first-order chi connectivity index (χ1) is 20.4. The SMILES string of the molecule is COc1ccc(CCNc2nc(NC(=O)Nc3cccc(C)c3)nc(Oc3cc(=O)oc4ccccc34)n2)cc1OC. The molecule has 0 atom stereocenters. The molecule has 0 aliphatic carbocycles. The first kappa shape index (κ1) is 27.9. The minimum atomic E-state index is -0.595. The van der Waals surface area contributed by atoms with Crippen molar-refractivity contribution in [3.8, 4) is 23.3 Å². The van der Waals surface area contributed by atoms with Gasteiger partial charge in [0.15, 0.2) is 11.5 Å². The third-order valence-corrected chi connectivity index (χ3v) is 6.07. The summed E-state index contributed by atoms with van der Waals surface area (Å²) in [6.45, 7) is 2.36. The van der Waals surface area contributed by atoms with Crippen LogP contribution in [0.5, 0.6) is 23.3 Å². The molecule has 3 aromatic carbocycles. The zero-order valence-electron chi connectivity index (χ0n) is 23.1. The van der Waals surface area contributed by atoms with Gasteiger partial charge in [-0.1, -0.05) is 30.3 Å². The molecular weight excluding hydrogens is 540 g/mol. The molecule has 2 heterocycles. The molecule has 0 aliphatic heterocycles. The van der Waals surface area contributed by atoms with E-state index in [9.17, 15) is 9.59 Å². The molecule has 2 aromatic heterocycles. The van der Waals surface area contributed by atoms with E-state index >= 15 is 0 Å². The summed E-state index contributed by atoms with van der Waals surface area (Å²) in [6.07, 6.45) is 0.600. The van der Waals surface area contributed by atoms with Gasteiger partial charge in [0.25, 0.3) is 0 Å². The van der Waals surface area contributed by atoms with E-state index in [0.717, 1.165) is 11.1 Å². The maximum atomic E-state index is 12.7. The minimum Gasteiger partial charge on any atom is -0.493 e. The number of carbonyl (C=O) groups is 1. The predicted octanol–water partition coefficient (Wildman–Crippen LogP) is 5.39. The summed E-state index contributed by atoms with van der Waals surface area (Å²) in [6, 6.07) is 20.4. The lowest BCUT2D eigenvalue weighted by molar-refractivity contribution is 0.262. The summed E-state index contributed by atoms with van der Waals surface area (Å²) in [5, 5.41) is 9.05. The molecule has 0 aliphatic rings. The summed E-state index contributed by atoms with van der Waals surface area (Å²) in [7, 11) is 3.16. The van der Waals surface area contributed by atoms with Crippen LogP contribution in [-0.4, -0.2) is 41.7 Å². The molecular formula is C30H28N6O6. The zero-order valence-corrected chi connectivity index (χ0v) is 23.1. The third-order valence-electron chi connectivity index (χ3n) is 6.07. The molecule has 0 bridgehead atoms. The fourth-order valence-corrected chi connectivity index (χ4v) is 4.14. The van der Waals surface area contributed by atoms with Crippen LogP contribution < -0.4 is 35.8 Å². The summed E-state index contributed by atoms with van der Waals surface area (Å²) in [4.78, 5) is 37.8. The number of nitrogens with zero attached hydrogens (tertiary/aromatic N) is 3. The fourth-order valence-electron chi connectivity index (χ4n) is 4.14. The first-order valence-corrected chi connectivity index (χ1v) is 13.0. The monoisotopic (exact) mass is 568 g/mol. The molecule has 42 heavy (non-hydrogen) atoms. The van der Waals surface area contributed by atoms with Crippen LogP contribution >= 0.6 is 0 Å². The van der Waals surface area contributed by atoms with E-state index in [4.69, 9.17) is 18.6 Å². The number of amides is 2. The Hall–Kier alpha value is -5.65. The van der Waals surface area contributed by atoms with Crippen molar-refractivity contribution in [2.75, 3.05) is 36.7 Å². The van der Waals surface area contributed by atoms with E-state index < -0.39 is 11.7 Å². The Morgan fingerprint density at radius 2 is 1.64 bits per heavy atom. The van der Waals surface area contributed by atoms with Gasteiger partial charge in [-0.3, -0.25) is 5.32 Å². The average molecular weight is 569 g/mol. The van der Waals surface area contributed by atoms with Crippen molar-refractivity contribution in [3.05, 3.63) is 94.3 Å². The van der Waals surface area contributed by atoms with Gasteiger partial charge in [0.2, 0.25) is 11.9 Å². The molecule has 0 fully saturated rings. The maximum absolute atomic E-state index is 12.7. The van der Waals surface area contributed by atoms with Gasteiger partial charge in [0.05, 0.1) is 25.7 Å².